The van der Waals surface area contributed by atoms with Crippen molar-refractivity contribution >= 4 is 5.91 Å². The Hall–Kier alpha value is -3.90. The van der Waals surface area contributed by atoms with Gasteiger partial charge in [0.2, 0.25) is 0 Å². The monoisotopic (exact) mass is 551 g/mol. The number of hydrogen-bond donors (Lipinski definition) is 1. The van der Waals surface area contributed by atoms with Crippen LogP contribution >= 0.6 is 0 Å². The fourth-order valence-electron chi connectivity index (χ4n) is 3.49. The standard InChI is InChI=1S/C25H18F9NO3/c1-22(15-7-9-17(37-2)10-8-15,16-4-3-5-18(13-16)38-25(33,34)24(30,31)32)35-21(36)14-6-11-20(26)19(12-14)23(27,28)29/h3-13H,1-2H3,(H,35,36)/t22-/m1/s1. The maximum atomic E-state index is 13.7. The van der Waals surface area contributed by atoms with Crippen molar-refractivity contribution in [1.82, 2.24) is 5.32 Å². The molecule has 0 radical (unpaired) electrons. The molecule has 204 valence electrons. The van der Waals surface area contributed by atoms with Crippen molar-refractivity contribution in [2.24, 2.45) is 0 Å². The Morgan fingerprint density at radius 3 is 1.97 bits per heavy atom. The van der Waals surface area contributed by atoms with Crippen LogP contribution in [0.1, 0.15) is 34.0 Å². The summed E-state index contributed by atoms with van der Waals surface area (Å²) >= 11 is 0. The third kappa shape index (κ3) is 5.97. The van der Waals surface area contributed by atoms with Crippen molar-refractivity contribution in [2.75, 3.05) is 7.11 Å². The number of ether oxygens (including phenoxy) is 2. The Balaban J connectivity index is 2.09. The van der Waals surface area contributed by atoms with E-state index in [0.717, 1.165) is 24.3 Å². The van der Waals surface area contributed by atoms with Crippen LogP contribution in [0.3, 0.4) is 0 Å². The molecular formula is C25H18F9NO3. The lowest BCUT2D eigenvalue weighted by atomic mass is 9.84. The zero-order chi connectivity index (χ0) is 28.5. The van der Waals surface area contributed by atoms with Crippen LogP contribution in [0.25, 0.3) is 0 Å². The summed E-state index contributed by atoms with van der Waals surface area (Å²) in [7, 11) is 1.37. The molecule has 1 atom stereocenters. The van der Waals surface area contributed by atoms with Crippen molar-refractivity contribution in [3.63, 3.8) is 0 Å². The Bertz CT molecular complexity index is 1300. The average molecular weight is 551 g/mol. The number of carbonyl (C=O) groups is 1. The summed E-state index contributed by atoms with van der Waals surface area (Å²) in [5.74, 6) is -3.26. The molecule has 0 heterocycles. The van der Waals surface area contributed by atoms with Crippen LogP contribution in [0.5, 0.6) is 11.5 Å². The van der Waals surface area contributed by atoms with Crippen LogP contribution in [0.15, 0.2) is 66.7 Å². The normalized spacial score (nSPS) is 14.0. The van der Waals surface area contributed by atoms with Crippen LogP contribution in [0.4, 0.5) is 39.5 Å². The molecule has 13 heteroatoms. The Morgan fingerprint density at radius 1 is 0.789 bits per heavy atom. The third-order valence-corrected chi connectivity index (χ3v) is 5.55. The van der Waals surface area contributed by atoms with Gasteiger partial charge in [-0.1, -0.05) is 24.3 Å². The first kappa shape index (κ1) is 28.7. The van der Waals surface area contributed by atoms with Gasteiger partial charge >= 0.3 is 18.5 Å². The minimum atomic E-state index is -6.02. The molecule has 0 saturated heterocycles. The number of rotatable bonds is 7. The highest BCUT2D eigenvalue weighted by atomic mass is 19.4. The summed E-state index contributed by atoms with van der Waals surface area (Å²) in [6.45, 7) is 1.34. The lowest BCUT2D eigenvalue weighted by molar-refractivity contribution is -0.360. The first-order valence-corrected chi connectivity index (χ1v) is 10.6. The van der Waals surface area contributed by atoms with Crippen LogP contribution in [0, 0.1) is 5.82 Å². The van der Waals surface area contributed by atoms with E-state index in [2.05, 4.69) is 10.1 Å². The minimum Gasteiger partial charge on any atom is -0.497 e. The number of benzene rings is 3. The average Bonchev–Trinajstić information content (AvgIpc) is 2.82. The van der Waals surface area contributed by atoms with Gasteiger partial charge in [0.1, 0.15) is 17.3 Å². The number of carbonyl (C=O) groups excluding carboxylic acids is 1. The molecule has 0 aliphatic rings. The summed E-state index contributed by atoms with van der Waals surface area (Å²) in [5.41, 5.74) is -3.83. The van der Waals surface area contributed by atoms with Gasteiger partial charge < -0.3 is 14.8 Å². The van der Waals surface area contributed by atoms with Crippen LogP contribution in [-0.4, -0.2) is 25.3 Å². The molecule has 38 heavy (non-hydrogen) atoms. The predicted molar refractivity (Wildman–Crippen MR) is 116 cm³/mol. The number of halogens is 9. The highest BCUT2D eigenvalue weighted by Gasteiger charge is 2.61. The number of methoxy groups -OCH3 is 1. The molecule has 3 rings (SSSR count). The van der Waals surface area contributed by atoms with E-state index >= 15 is 0 Å². The molecule has 0 aliphatic carbocycles. The third-order valence-electron chi connectivity index (χ3n) is 5.55. The lowest BCUT2D eigenvalue weighted by Crippen LogP contribution is -2.45. The van der Waals surface area contributed by atoms with Gasteiger partial charge in [-0.25, -0.2) is 4.39 Å². The summed E-state index contributed by atoms with van der Waals surface area (Å²) in [4.78, 5) is 13.0. The van der Waals surface area contributed by atoms with Crippen molar-refractivity contribution in [2.45, 2.75) is 30.9 Å². The van der Waals surface area contributed by atoms with E-state index in [9.17, 15) is 44.3 Å². The molecule has 0 unspecified atom stereocenters. The fourth-order valence-corrected chi connectivity index (χ4v) is 3.49. The van der Waals surface area contributed by atoms with Crippen LogP contribution < -0.4 is 14.8 Å². The van der Waals surface area contributed by atoms with Gasteiger partial charge in [0.15, 0.2) is 0 Å². The second-order valence-corrected chi connectivity index (χ2v) is 8.14. The number of hydrogen-bond acceptors (Lipinski definition) is 3. The van der Waals surface area contributed by atoms with Crippen LogP contribution in [-0.2, 0) is 11.7 Å². The summed E-state index contributed by atoms with van der Waals surface area (Å²) in [6, 6.07) is 11.3. The Morgan fingerprint density at radius 2 is 1.42 bits per heavy atom. The first-order chi connectivity index (χ1) is 17.5. The highest BCUT2D eigenvalue weighted by molar-refractivity contribution is 5.95. The molecule has 3 aromatic rings. The van der Waals surface area contributed by atoms with Crippen LogP contribution in [0.2, 0.25) is 0 Å². The van der Waals surface area contributed by atoms with Crippen molar-refractivity contribution in [1.29, 1.82) is 0 Å². The second-order valence-electron chi connectivity index (χ2n) is 8.14. The zero-order valence-corrected chi connectivity index (χ0v) is 19.5. The van der Waals surface area contributed by atoms with Gasteiger partial charge in [-0.05, 0) is 60.5 Å². The van der Waals surface area contributed by atoms with E-state index in [1.54, 1.807) is 0 Å². The number of nitrogens with one attached hydrogen (secondary N) is 1. The molecule has 4 nitrogen and oxygen atoms in total. The molecule has 1 N–H and O–H groups in total. The summed E-state index contributed by atoms with van der Waals surface area (Å²) in [5, 5.41) is 2.46. The van der Waals surface area contributed by atoms with Crippen molar-refractivity contribution < 1.29 is 53.8 Å². The molecule has 0 saturated carbocycles. The predicted octanol–water partition coefficient (Wildman–Crippen LogP) is 7.08. The molecule has 0 spiro atoms. The maximum absolute atomic E-state index is 13.7. The van der Waals surface area contributed by atoms with Gasteiger partial charge in [-0.15, -0.1) is 0 Å². The molecule has 1 amide bonds. The largest absolute Gasteiger partial charge is 0.499 e. The van der Waals surface area contributed by atoms with E-state index in [1.807, 2.05) is 0 Å². The van der Waals surface area contributed by atoms with Gasteiger partial charge in [-0.2, -0.15) is 35.1 Å². The van der Waals surface area contributed by atoms with Crippen molar-refractivity contribution in [3.05, 3.63) is 94.8 Å². The molecule has 0 fully saturated rings. The minimum absolute atomic E-state index is 0.0651. The first-order valence-electron chi connectivity index (χ1n) is 10.6. The lowest BCUT2D eigenvalue weighted by Gasteiger charge is -2.33. The highest BCUT2D eigenvalue weighted by Crippen LogP contribution is 2.39. The van der Waals surface area contributed by atoms with Crippen molar-refractivity contribution in [3.8, 4) is 11.5 Å². The number of alkyl halides is 8. The molecule has 0 aliphatic heterocycles. The molecular weight excluding hydrogens is 533 g/mol. The fraction of sp³-hybridized carbons (Fsp3) is 0.240. The van der Waals surface area contributed by atoms with E-state index in [-0.39, 0.29) is 11.1 Å². The summed E-state index contributed by atoms with van der Waals surface area (Å²) in [6.07, 6.45) is -16.7. The van der Waals surface area contributed by atoms with Gasteiger partial charge in [0.05, 0.1) is 18.2 Å². The van der Waals surface area contributed by atoms with E-state index < -0.39 is 52.6 Å². The SMILES string of the molecule is COc1ccc([C@@](C)(NC(=O)c2ccc(F)c(C(F)(F)F)c2)c2cccc(OC(F)(F)C(F)(F)F)c2)cc1. The molecule has 0 bridgehead atoms. The smallest absolute Gasteiger partial charge is 0.497 e. The quantitative estimate of drug-likeness (QED) is 0.320. The Kier molecular flexibility index (Phi) is 7.62. The van der Waals surface area contributed by atoms with Gasteiger partial charge in [-0.3, -0.25) is 4.79 Å². The number of amides is 1. The van der Waals surface area contributed by atoms with Gasteiger partial charge in [0.25, 0.3) is 5.91 Å². The second kappa shape index (κ2) is 10.1. The molecule has 3 aromatic carbocycles. The zero-order valence-electron chi connectivity index (χ0n) is 19.5. The van der Waals surface area contributed by atoms with E-state index in [1.165, 1.54) is 44.4 Å². The molecule has 0 aromatic heterocycles. The van der Waals surface area contributed by atoms with E-state index in [0.29, 0.717) is 17.9 Å². The topological polar surface area (TPSA) is 47.6 Å². The Labute approximate surface area is 210 Å². The van der Waals surface area contributed by atoms with Gasteiger partial charge in [0, 0.05) is 5.56 Å². The maximum Gasteiger partial charge on any atom is 0.499 e. The summed E-state index contributed by atoms with van der Waals surface area (Å²) < 4.78 is 127. The van der Waals surface area contributed by atoms with E-state index in [4.69, 9.17) is 4.74 Å².